The first-order chi connectivity index (χ1) is 7.52. The van der Waals surface area contributed by atoms with E-state index >= 15 is 0 Å². The first-order valence-electron chi connectivity index (χ1n) is 4.55. The van der Waals surface area contributed by atoms with E-state index in [1.54, 1.807) is 18.2 Å². The van der Waals surface area contributed by atoms with E-state index in [1.165, 1.54) is 24.8 Å². The van der Waals surface area contributed by atoms with E-state index in [0.29, 0.717) is 11.3 Å². The number of anilines is 1. The molecule has 0 spiro atoms. The number of thioether (sulfide) groups is 1. The molecule has 86 valence electrons. The van der Waals surface area contributed by atoms with Gasteiger partial charge in [0.25, 0.3) is 0 Å². The maximum Gasteiger partial charge on any atom is 0.186 e. The predicted octanol–water partition coefficient (Wildman–Crippen LogP) is 3.35. The molecule has 5 heteroatoms. The van der Waals surface area contributed by atoms with Gasteiger partial charge in [0.2, 0.25) is 0 Å². The van der Waals surface area contributed by atoms with E-state index in [-0.39, 0.29) is 15.8 Å². The molecule has 0 atom stereocenters. The Bertz CT molecular complexity index is 434. The number of rotatable bonds is 3. The van der Waals surface area contributed by atoms with Gasteiger partial charge >= 0.3 is 0 Å². The highest BCUT2D eigenvalue weighted by Gasteiger charge is 2.06. The maximum absolute atomic E-state index is 13.3. The maximum atomic E-state index is 13.3. The summed E-state index contributed by atoms with van der Waals surface area (Å²) in [4.78, 5) is 10.6. The second kappa shape index (κ2) is 5.92. The molecule has 0 aromatic heterocycles. The quantitative estimate of drug-likeness (QED) is 0.847. The Labute approximate surface area is 103 Å². The summed E-state index contributed by atoms with van der Waals surface area (Å²) in [6, 6.07) is 3.09. The lowest BCUT2D eigenvalue weighted by molar-refractivity contribution is -0.109. The van der Waals surface area contributed by atoms with Crippen LogP contribution in [0.1, 0.15) is 12.5 Å². The minimum atomic E-state index is -0.608. The van der Waals surface area contributed by atoms with Gasteiger partial charge in [-0.1, -0.05) is 41.6 Å². The first-order valence-corrected chi connectivity index (χ1v) is 5.92. The van der Waals surface area contributed by atoms with Crippen molar-refractivity contribution in [1.82, 2.24) is 0 Å². The summed E-state index contributed by atoms with van der Waals surface area (Å²) in [6.45, 7) is 1.49. The largest absolute Gasteiger partial charge is 0.396 e. The zero-order valence-corrected chi connectivity index (χ0v) is 10.2. The molecular formula is C11H11ClFNOS. The Balaban J connectivity index is 2.74. The minimum Gasteiger partial charge on any atom is -0.396 e. The molecule has 0 fully saturated rings. The summed E-state index contributed by atoms with van der Waals surface area (Å²) >= 11 is 6.94. The number of benzene rings is 1. The normalized spacial score (nSPS) is 10.9. The molecule has 2 N–H and O–H groups in total. The van der Waals surface area contributed by atoms with Crippen molar-refractivity contribution in [3.8, 4) is 0 Å². The van der Waals surface area contributed by atoms with Gasteiger partial charge in [0, 0.05) is 12.7 Å². The second-order valence-electron chi connectivity index (χ2n) is 3.08. The van der Waals surface area contributed by atoms with Crippen molar-refractivity contribution in [2.24, 2.45) is 0 Å². The summed E-state index contributed by atoms with van der Waals surface area (Å²) < 4.78 is 13.3. The molecule has 0 unspecified atom stereocenters. The number of carbonyl (C=O) groups excluding carboxylic acids is 1. The van der Waals surface area contributed by atoms with Gasteiger partial charge in [0.05, 0.1) is 10.7 Å². The van der Waals surface area contributed by atoms with Gasteiger partial charge in [-0.05, 0) is 11.6 Å². The van der Waals surface area contributed by atoms with E-state index in [0.717, 1.165) is 0 Å². The number of hydrogen-bond acceptors (Lipinski definition) is 3. The third-order valence-corrected chi connectivity index (χ3v) is 2.97. The average molecular weight is 260 g/mol. The molecule has 1 aromatic rings. The van der Waals surface area contributed by atoms with Crippen molar-refractivity contribution in [3.05, 3.63) is 34.6 Å². The fourth-order valence-electron chi connectivity index (χ4n) is 1.05. The van der Waals surface area contributed by atoms with Crippen LogP contribution in [0.3, 0.4) is 0 Å². The predicted molar refractivity (Wildman–Crippen MR) is 68.0 cm³/mol. The van der Waals surface area contributed by atoms with Gasteiger partial charge < -0.3 is 5.73 Å². The fraction of sp³-hybridized carbons (Fsp3) is 0.182. The van der Waals surface area contributed by atoms with Crippen molar-refractivity contribution in [1.29, 1.82) is 0 Å². The molecule has 0 bridgehead atoms. The lowest BCUT2D eigenvalue weighted by atomic mass is 10.2. The fourth-order valence-corrected chi connectivity index (χ4v) is 1.71. The van der Waals surface area contributed by atoms with E-state index in [2.05, 4.69) is 0 Å². The molecule has 0 radical (unpaired) electrons. The molecule has 1 rings (SSSR count). The van der Waals surface area contributed by atoms with Crippen LogP contribution in [-0.2, 0) is 4.79 Å². The van der Waals surface area contributed by atoms with E-state index < -0.39 is 5.82 Å². The van der Waals surface area contributed by atoms with Gasteiger partial charge in [-0.25, -0.2) is 4.39 Å². The molecule has 0 aliphatic heterocycles. The van der Waals surface area contributed by atoms with E-state index in [4.69, 9.17) is 17.3 Å². The van der Waals surface area contributed by atoms with Crippen molar-refractivity contribution in [3.63, 3.8) is 0 Å². The number of nitrogen functional groups attached to an aromatic ring is 1. The van der Waals surface area contributed by atoms with Gasteiger partial charge in [0.1, 0.15) is 0 Å². The molecule has 0 amide bonds. The van der Waals surface area contributed by atoms with Crippen molar-refractivity contribution < 1.29 is 9.18 Å². The van der Waals surface area contributed by atoms with Gasteiger partial charge in [0.15, 0.2) is 10.9 Å². The lowest BCUT2D eigenvalue weighted by Crippen LogP contribution is -1.92. The molecule has 2 nitrogen and oxygen atoms in total. The summed E-state index contributed by atoms with van der Waals surface area (Å²) in [7, 11) is 0. The Hall–Kier alpha value is -1.00. The molecule has 0 heterocycles. The Morgan fingerprint density at radius 1 is 1.62 bits per heavy atom. The standard InChI is InChI=1S/C11H11ClFNOS/c1-7(15)16-6-2-3-8-4-5-9(14)11(13)10(8)12/h2-5H,6,14H2,1H3. The number of nitrogens with two attached hydrogens (primary N) is 1. The summed E-state index contributed by atoms with van der Waals surface area (Å²) in [6.07, 6.45) is 3.42. The molecule has 0 aliphatic rings. The highest BCUT2D eigenvalue weighted by atomic mass is 35.5. The average Bonchev–Trinajstić information content (AvgIpc) is 2.23. The van der Waals surface area contributed by atoms with Crippen LogP contribution in [0.2, 0.25) is 5.02 Å². The minimum absolute atomic E-state index is 0.00377. The van der Waals surface area contributed by atoms with Crippen LogP contribution in [0.15, 0.2) is 18.2 Å². The number of halogens is 2. The van der Waals surface area contributed by atoms with Crippen LogP contribution < -0.4 is 5.73 Å². The molecule has 0 aliphatic carbocycles. The molecular weight excluding hydrogens is 249 g/mol. The zero-order valence-electron chi connectivity index (χ0n) is 8.67. The monoisotopic (exact) mass is 259 g/mol. The summed E-state index contributed by atoms with van der Waals surface area (Å²) in [5.41, 5.74) is 5.93. The van der Waals surface area contributed by atoms with Crippen LogP contribution in [0, 0.1) is 5.82 Å². The van der Waals surface area contributed by atoms with Gasteiger partial charge in [-0.2, -0.15) is 0 Å². The van der Waals surface area contributed by atoms with E-state index in [9.17, 15) is 9.18 Å². The lowest BCUT2D eigenvalue weighted by Gasteiger charge is -2.02. The van der Waals surface area contributed by atoms with Crippen molar-refractivity contribution in [2.45, 2.75) is 6.92 Å². The highest BCUT2D eigenvalue weighted by molar-refractivity contribution is 8.13. The van der Waals surface area contributed by atoms with Crippen LogP contribution in [0.25, 0.3) is 6.08 Å². The summed E-state index contributed by atoms with van der Waals surface area (Å²) in [5.74, 6) is -0.0690. The van der Waals surface area contributed by atoms with Crippen LogP contribution in [-0.4, -0.2) is 10.9 Å². The Kier molecular flexibility index (Phi) is 4.83. The number of carbonyl (C=O) groups is 1. The van der Waals surface area contributed by atoms with Crippen LogP contribution >= 0.6 is 23.4 Å². The van der Waals surface area contributed by atoms with Gasteiger partial charge in [-0.3, -0.25) is 4.79 Å². The third kappa shape index (κ3) is 3.54. The first kappa shape index (κ1) is 13.1. The van der Waals surface area contributed by atoms with E-state index in [1.807, 2.05) is 0 Å². The topological polar surface area (TPSA) is 43.1 Å². The SMILES string of the molecule is CC(=O)SCC=Cc1ccc(N)c(F)c1Cl. The highest BCUT2D eigenvalue weighted by Crippen LogP contribution is 2.25. The molecule has 16 heavy (non-hydrogen) atoms. The molecule has 0 saturated heterocycles. The van der Waals surface area contributed by atoms with Gasteiger partial charge in [-0.15, -0.1) is 0 Å². The zero-order chi connectivity index (χ0) is 12.1. The van der Waals surface area contributed by atoms with Crippen LogP contribution in [0.4, 0.5) is 10.1 Å². The molecule has 1 aromatic carbocycles. The summed E-state index contributed by atoms with van der Waals surface area (Å²) in [5, 5.41) is 0.0447. The number of hydrogen-bond donors (Lipinski definition) is 1. The van der Waals surface area contributed by atoms with Crippen molar-refractivity contribution >= 4 is 40.2 Å². The molecule has 0 saturated carbocycles. The third-order valence-electron chi connectivity index (χ3n) is 1.82. The smallest absolute Gasteiger partial charge is 0.186 e. The second-order valence-corrected chi connectivity index (χ2v) is 4.65. The van der Waals surface area contributed by atoms with Crippen LogP contribution in [0.5, 0.6) is 0 Å². The Morgan fingerprint density at radius 3 is 2.94 bits per heavy atom. The van der Waals surface area contributed by atoms with Crippen molar-refractivity contribution in [2.75, 3.05) is 11.5 Å². The Morgan fingerprint density at radius 2 is 2.31 bits per heavy atom.